The largest absolute Gasteiger partial charge is 0.497 e. The van der Waals surface area contributed by atoms with Crippen LogP contribution in [0.4, 0.5) is 4.79 Å². The number of alkyl carbamates (subject to hydrolysis) is 1. The predicted molar refractivity (Wildman–Crippen MR) is 74.6 cm³/mol. The van der Waals surface area contributed by atoms with Crippen LogP contribution >= 0.6 is 11.6 Å². The van der Waals surface area contributed by atoms with E-state index in [0.29, 0.717) is 11.3 Å². The molecule has 0 aliphatic carbocycles. The number of methoxy groups -OCH3 is 1. The first-order valence-corrected chi connectivity index (χ1v) is 6.57. The maximum absolute atomic E-state index is 11.4. The average Bonchev–Trinajstić information content (AvgIpc) is 2.49. The fourth-order valence-corrected chi connectivity index (χ4v) is 1.65. The summed E-state index contributed by atoms with van der Waals surface area (Å²) in [6.07, 6.45) is -2.40. The molecule has 0 aliphatic heterocycles. The molecule has 2 atom stereocenters. The van der Waals surface area contributed by atoms with Crippen molar-refractivity contribution >= 4 is 23.7 Å². The summed E-state index contributed by atoms with van der Waals surface area (Å²) in [5, 5.41) is 21.2. The van der Waals surface area contributed by atoms with E-state index >= 15 is 0 Å². The highest BCUT2D eigenvalue weighted by atomic mass is 35.5. The third-order valence-corrected chi connectivity index (χ3v) is 2.78. The second-order valence-corrected chi connectivity index (χ2v) is 4.38. The van der Waals surface area contributed by atoms with Crippen LogP contribution in [0.3, 0.4) is 0 Å². The highest BCUT2D eigenvalue weighted by Crippen LogP contribution is 2.20. The number of halogens is 1. The van der Waals surface area contributed by atoms with Gasteiger partial charge in [-0.05, 0) is 17.7 Å². The number of aliphatic hydroxyl groups excluding tert-OH is 1. The van der Waals surface area contributed by atoms with Gasteiger partial charge in [0, 0.05) is 0 Å². The van der Waals surface area contributed by atoms with Gasteiger partial charge in [-0.3, -0.25) is 0 Å². The SMILES string of the molecule is COc1ccc(C(O)C(NC(=O)OCCCl)C(=O)O)cc1. The molecule has 1 rings (SSSR count). The molecule has 0 aliphatic rings. The lowest BCUT2D eigenvalue weighted by molar-refractivity contribution is -0.142. The molecule has 116 valence electrons. The standard InChI is InChI=1S/C13H16ClNO6/c1-20-9-4-2-8(3-5-9)11(16)10(12(17)18)15-13(19)21-7-6-14/h2-5,10-11,16H,6-7H2,1H3,(H,15,19)(H,17,18). The van der Waals surface area contributed by atoms with E-state index in [4.69, 9.17) is 21.4 Å². The Kier molecular flexibility index (Phi) is 6.77. The maximum Gasteiger partial charge on any atom is 0.407 e. The van der Waals surface area contributed by atoms with Crippen molar-refractivity contribution < 1.29 is 29.3 Å². The highest BCUT2D eigenvalue weighted by Gasteiger charge is 2.30. The van der Waals surface area contributed by atoms with E-state index in [9.17, 15) is 14.7 Å². The second-order valence-electron chi connectivity index (χ2n) is 4.00. The molecule has 0 saturated carbocycles. The van der Waals surface area contributed by atoms with Crippen molar-refractivity contribution in [2.45, 2.75) is 12.1 Å². The Bertz CT molecular complexity index is 478. The molecule has 21 heavy (non-hydrogen) atoms. The molecule has 3 N–H and O–H groups in total. The van der Waals surface area contributed by atoms with E-state index in [1.54, 1.807) is 12.1 Å². The highest BCUT2D eigenvalue weighted by molar-refractivity contribution is 6.18. The van der Waals surface area contributed by atoms with Crippen molar-refractivity contribution in [1.29, 1.82) is 0 Å². The third-order valence-electron chi connectivity index (χ3n) is 2.62. The van der Waals surface area contributed by atoms with Crippen molar-refractivity contribution in [2.24, 2.45) is 0 Å². The molecule has 8 heteroatoms. The number of aliphatic hydroxyl groups is 1. The zero-order chi connectivity index (χ0) is 15.8. The Hall–Kier alpha value is -1.99. The number of carboxylic acid groups (broad SMARTS) is 1. The van der Waals surface area contributed by atoms with E-state index in [1.807, 2.05) is 0 Å². The second kappa shape index (κ2) is 8.33. The number of carboxylic acids is 1. The number of ether oxygens (including phenoxy) is 2. The van der Waals surface area contributed by atoms with Gasteiger partial charge < -0.3 is 25.0 Å². The minimum Gasteiger partial charge on any atom is -0.497 e. The minimum atomic E-state index is -1.54. The summed E-state index contributed by atoms with van der Waals surface area (Å²) in [6, 6.07) is 4.62. The van der Waals surface area contributed by atoms with Crippen LogP contribution in [0.25, 0.3) is 0 Å². The first-order valence-electron chi connectivity index (χ1n) is 6.03. The Morgan fingerprint density at radius 2 is 1.95 bits per heavy atom. The van der Waals surface area contributed by atoms with Gasteiger partial charge >= 0.3 is 12.1 Å². The van der Waals surface area contributed by atoms with Gasteiger partial charge in [-0.15, -0.1) is 11.6 Å². The molecule has 0 bridgehead atoms. The van der Waals surface area contributed by atoms with Gasteiger partial charge in [-0.2, -0.15) is 0 Å². The Morgan fingerprint density at radius 1 is 1.33 bits per heavy atom. The van der Waals surface area contributed by atoms with Crippen molar-refractivity contribution in [2.75, 3.05) is 19.6 Å². The van der Waals surface area contributed by atoms with E-state index < -0.39 is 24.2 Å². The fourth-order valence-electron chi connectivity index (χ4n) is 1.57. The number of amides is 1. The molecule has 1 aromatic rings. The zero-order valence-electron chi connectivity index (χ0n) is 11.3. The van der Waals surface area contributed by atoms with Crippen LogP contribution in [0.15, 0.2) is 24.3 Å². The number of alkyl halides is 1. The average molecular weight is 318 g/mol. The number of hydrogen-bond acceptors (Lipinski definition) is 5. The lowest BCUT2D eigenvalue weighted by Gasteiger charge is -2.20. The molecule has 0 radical (unpaired) electrons. The van der Waals surface area contributed by atoms with E-state index in [1.165, 1.54) is 19.2 Å². The smallest absolute Gasteiger partial charge is 0.407 e. The molecular formula is C13H16ClNO6. The van der Waals surface area contributed by atoms with Crippen LogP contribution in [0.5, 0.6) is 5.75 Å². The molecule has 0 heterocycles. The number of carbonyl (C=O) groups excluding carboxylic acids is 1. The van der Waals surface area contributed by atoms with Crippen molar-refractivity contribution in [3.05, 3.63) is 29.8 Å². The van der Waals surface area contributed by atoms with Gasteiger partial charge in [-0.1, -0.05) is 12.1 Å². The van der Waals surface area contributed by atoms with Crippen molar-refractivity contribution in [1.82, 2.24) is 5.32 Å². The van der Waals surface area contributed by atoms with Gasteiger partial charge in [0.05, 0.1) is 13.0 Å². The van der Waals surface area contributed by atoms with Crippen molar-refractivity contribution in [3.63, 3.8) is 0 Å². The van der Waals surface area contributed by atoms with Crippen LogP contribution in [-0.4, -0.2) is 47.9 Å². The summed E-state index contributed by atoms with van der Waals surface area (Å²) >= 11 is 5.35. The Morgan fingerprint density at radius 3 is 2.43 bits per heavy atom. The van der Waals surface area contributed by atoms with E-state index in [-0.39, 0.29) is 12.5 Å². The molecule has 0 fully saturated rings. The molecule has 1 aromatic carbocycles. The quantitative estimate of drug-likeness (QED) is 0.651. The Balaban J connectivity index is 2.78. The summed E-state index contributed by atoms with van der Waals surface area (Å²) < 4.78 is 9.58. The van der Waals surface area contributed by atoms with Crippen molar-refractivity contribution in [3.8, 4) is 5.75 Å². The normalized spacial score (nSPS) is 13.1. The van der Waals surface area contributed by atoms with Gasteiger partial charge in [-0.25, -0.2) is 9.59 Å². The summed E-state index contributed by atoms with van der Waals surface area (Å²) in [5.41, 5.74) is 0.320. The first kappa shape index (κ1) is 17.1. The predicted octanol–water partition coefficient (Wildman–Crippen LogP) is 1.15. The van der Waals surface area contributed by atoms with Gasteiger partial charge in [0.2, 0.25) is 0 Å². The zero-order valence-corrected chi connectivity index (χ0v) is 12.0. The topological polar surface area (TPSA) is 105 Å². The van der Waals surface area contributed by atoms with Gasteiger partial charge in [0.25, 0.3) is 0 Å². The number of nitrogens with one attached hydrogen (secondary N) is 1. The van der Waals surface area contributed by atoms with Gasteiger partial charge in [0.15, 0.2) is 6.04 Å². The lowest BCUT2D eigenvalue weighted by Crippen LogP contribution is -2.45. The molecular weight excluding hydrogens is 302 g/mol. The van der Waals surface area contributed by atoms with E-state index in [0.717, 1.165) is 0 Å². The minimum absolute atomic E-state index is 0.0572. The molecule has 2 unspecified atom stereocenters. The number of aliphatic carboxylic acids is 1. The van der Waals surface area contributed by atoms with Crippen LogP contribution in [0.2, 0.25) is 0 Å². The van der Waals surface area contributed by atoms with Crippen LogP contribution in [0.1, 0.15) is 11.7 Å². The maximum atomic E-state index is 11.4. The lowest BCUT2D eigenvalue weighted by atomic mass is 10.0. The number of hydrogen-bond donors (Lipinski definition) is 3. The molecule has 0 spiro atoms. The summed E-state index contributed by atoms with van der Waals surface area (Å²) in [7, 11) is 1.49. The van der Waals surface area contributed by atoms with E-state index in [2.05, 4.69) is 10.1 Å². The summed E-state index contributed by atoms with van der Waals surface area (Å²) in [5.74, 6) is -0.736. The van der Waals surface area contributed by atoms with Crippen LogP contribution in [0, 0.1) is 0 Å². The number of rotatable bonds is 7. The number of carbonyl (C=O) groups is 2. The molecule has 7 nitrogen and oxygen atoms in total. The third kappa shape index (κ3) is 5.13. The van der Waals surface area contributed by atoms with Crippen LogP contribution in [-0.2, 0) is 9.53 Å². The Labute approximate surface area is 126 Å². The summed E-state index contributed by atoms with van der Waals surface area (Å²) in [4.78, 5) is 22.5. The summed E-state index contributed by atoms with van der Waals surface area (Å²) in [6.45, 7) is -0.0572. The van der Waals surface area contributed by atoms with Gasteiger partial charge in [0.1, 0.15) is 18.5 Å². The first-order chi connectivity index (χ1) is 9.99. The molecule has 1 amide bonds. The number of benzene rings is 1. The molecule has 0 aromatic heterocycles. The van der Waals surface area contributed by atoms with Crippen LogP contribution < -0.4 is 10.1 Å². The monoisotopic (exact) mass is 317 g/mol. The fraction of sp³-hybridized carbons (Fsp3) is 0.385. The molecule has 0 saturated heterocycles.